The molecule has 0 aliphatic carbocycles. The number of nitrogens with one attached hydrogen (secondary N) is 7. The second kappa shape index (κ2) is 34.0. The summed E-state index contributed by atoms with van der Waals surface area (Å²) in [6.07, 6.45) is 1.86. The van der Waals surface area contributed by atoms with Crippen LogP contribution in [-0.4, -0.2) is 176 Å². The first-order valence-electron chi connectivity index (χ1n) is 37.7. The molecule has 31 heteroatoms. The molecule has 6 aromatic carbocycles. The van der Waals surface area contributed by atoms with Crippen LogP contribution >= 0.6 is 11.3 Å². The van der Waals surface area contributed by atoms with Crippen molar-refractivity contribution in [2.24, 2.45) is 0 Å². The van der Waals surface area contributed by atoms with Gasteiger partial charge in [-0.3, -0.25) is 41.3 Å². The van der Waals surface area contributed by atoms with Gasteiger partial charge in [-0.15, -0.1) is 11.3 Å². The predicted molar refractivity (Wildman–Crippen MR) is 454 cm³/mol. The van der Waals surface area contributed by atoms with Crippen molar-refractivity contribution in [1.29, 1.82) is 0 Å². The number of amides is 6. The first-order valence-corrected chi connectivity index (χ1v) is 44.1. The van der Waals surface area contributed by atoms with Gasteiger partial charge in [-0.1, -0.05) is 147 Å². The van der Waals surface area contributed by atoms with Crippen molar-refractivity contribution in [1.82, 2.24) is 59.0 Å². The summed E-state index contributed by atoms with van der Waals surface area (Å²) in [6.45, 7) is 24.1. The van der Waals surface area contributed by atoms with Gasteiger partial charge in [0.2, 0.25) is 0 Å². The molecule has 3 fully saturated rings. The lowest BCUT2D eigenvalue weighted by atomic mass is 9.92. The average Bonchev–Trinajstić information content (AvgIpc) is 1.65. The maximum atomic E-state index is 12.9. The van der Waals surface area contributed by atoms with Crippen molar-refractivity contribution in [3.8, 4) is 28.3 Å². The first-order chi connectivity index (χ1) is 54.2. The Morgan fingerprint density at radius 2 is 0.816 bits per heavy atom. The smallest absolute Gasteiger partial charge is 0.326 e. The number of hydrogen-bond acceptors (Lipinski definition) is 18. The molecule has 9 heterocycles. The van der Waals surface area contributed by atoms with Crippen LogP contribution in [0.15, 0.2) is 194 Å². The van der Waals surface area contributed by atoms with E-state index in [0.29, 0.717) is 93.0 Å². The first kappa shape index (κ1) is 81.1. The summed E-state index contributed by atoms with van der Waals surface area (Å²) in [6, 6.07) is 57.3. The largest absolute Gasteiger partial charge is 0.361 e. The van der Waals surface area contributed by atoms with E-state index in [4.69, 9.17) is 15.3 Å². The van der Waals surface area contributed by atoms with Gasteiger partial charge in [-0.2, -0.15) is 15.3 Å². The van der Waals surface area contributed by atoms with Gasteiger partial charge in [0.1, 0.15) is 23.3 Å². The maximum absolute atomic E-state index is 12.9. The number of rotatable bonds is 16. The summed E-state index contributed by atoms with van der Waals surface area (Å²) in [5.74, 6) is 3.37. The number of aromatic nitrogens is 9. The fourth-order valence-electron chi connectivity index (χ4n) is 13.0. The Kier molecular flexibility index (Phi) is 24.2. The van der Waals surface area contributed by atoms with E-state index in [2.05, 4.69) is 124 Å². The molecule has 3 aliphatic rings. The predicted octanol–water partition coefficient (Wildman–Crippen LogP) is 14.3. The summed E-state index contributed by atoms with van der Waals surface area (Å²) >= 11 is 1.37. The zero-order valence-electron chi connectivity index (χ0n) is 65.3. The molecule has 0 atom stereocenters. The number of thiazole rings is 1. The number of hydrogen-bond donors (Lipinski definition) is 7. The number of benzene rings is 6. The molecular formula is C83H96N18O9S4. The summed E-state index contributed by atoms with van der Waals surface area (Å²) in [5.41, 5.74) is 11.9. The molecule has 7 N–H and O–H groups in total. The Hall–Kier alpha value is -10.9. The van der Waals surface area contributed by atoms with Crippen molar-refractivity contribution in [2.45, 2.75) is 98.2 Å². The molecule has 27 nitrogen and oxygen atoms in total. The highest BCUT2D eigenvalue weighted by Gasteiger charge is 2.29. The summed E-state index contributed by atoms with van der Waals surface area (Å²) < 4.78 is 75.5. The molecule has 6 aromatic heterocycles. The van der Waals surface area contributed by atoms with E-state index < -0.39 is 41.6 Å². The lowest BCUT2D eigenvalue weighted by molar-refractivity contribution is 0.261. The number of para-hydroxylation sites is 1. The van der Waals surface area contributed by atoms with Gasteiger partial charge in [0.25, 0.3) is 0 Å². The van der Waals surface area contributed by atoms with Gasteiger partial charge in [0.05, 0.1) is 79.9 Å². The van der Waals surface area contributed by atoms with E-state index in [1.165, 1.54) is 11.3 Å². The van der Waals surface area contributed by atoms with Crippen LogP contribution in [0.3, 0.4) is 0 Å². The molecule has 0 bridgehead atoms. The van der Waals surface area contributed by atoms with Crippen LogP contribution in [0, 0.1) is 0 Å². The Balaban J connectivity index is 0.000000149. The van der Waals surface area contributed by atoms with Crippen molar-refractivity contribution >= 4 is 115 Å². The summed E-state index contributed by atoms with van der Waals surface area (Å²) in [4.78, 5) is 57.4. The number of carbonyl (C=O) groups is 3. The minimum absolute atomic E-state index is 0.202. The van der Waals surface area contributed by atoms with E-state index in [9.17, 15) is 39.6 Å². The topological polar surface area (TPSA) is 331 Å². The highest BCUT2D eigenvalue weighted by Crippen LogP contribution is 2.33. The van der Waals surface area contributed by atoms with Gasteiger partial charge in [0.15, 0.2) is 34.6 Å². The van der Waals surface area contributed by atoms with E-state index in [1.807, 2.05) is 188 Å². The van der Waals surface area contributed by atoms with Crippen molar-refractivity contribution in [2.75, 3.05) is 106 Å². The molecule has 0 saturated carbocycles. The molecule has 0 spiro atoms. The van der Waals surface area contributed by atoms with Crippen LogP contribution in [0.25, 0.3) is 50.1 Å². The van der Waals surface area contributed by atoms with Crippen molar-refractivity contribution in [3.05, 3.63) is 227 Å². The van der Waals surface area contributed by atoms with E-state index in [-0.39, 0.29) is 56.8 Å². The second-order valence-electron chi connectivity index (χ2n) is 31.8. The number of carbonyl (C=O) groups excluding carboxylic acids is 3. The number of H-pyrrole nitrogens is 1. The molecule has 0 radical (unpaired) electrons. The van der Waals surface area contributed by atoms with Crippen LogP contribution < -0.4 is 31.9 Å². The Bertz CT molecular complexity index is 5740. The third-order valence-corrected chi connectivity index (χ3v) is 25.3. The van der Waals surface area contributed by atoms with E-state index >= 15 is 0 Å². The monoisotopic (exact) mass is 1620 g/mol. The number of pyridine rings is 1. The standard InChI is InChI=1S/C28H32N6O3S2.C28H32N6O3S.C27H32N6O3S/c1-28(2,3)24-17-25(30-26(35)31-27-29-23(19-38-27)21-7-5-4-6-8-21)34(32-24)22-11-9-20(10-12-22)18-33-13-15-39(36,37)16-14-33;1-28(2,3)24-18-26(31-27(35)30-25-13-10-21-6-4-5-7-23(21)29-25)34(32-24)22-11-8-20(9-12-22)19-33-14-16-38(36,37)17-15-33;1-27(2,3)24-17-25(30-26(34)29-21-6-9-23-20(16-21)10-11-28-23)33(31-24)22-7-4-19(5-8-22)18-32-12-14-37(35,36)15-13-32/h4-12,17,19H,13-16,18H2,1-3H3,(H2,29,30,31,35);4-13,18H,14-17,19H2,1-3H3,(H2,29,30,31,35);4-11,16-17,28H,12-15,18H2,1-3H3,(H2,29,30,34). The van der Waals surface area contributed by atoms with Crippen LogP contribution in [0.4, 0.5) is 48.5 Å². The normalized spacial score (nSPS) is 15.9. The number of anilines is 6. The zero-order chi connectivity index (χ0) is 80.7. The van der Waals surface area contributed by atoms with E-state index in [0.717, 1.165) is 83.9 Å². The third-order valence-electron chi connectivity index (χ3n) is 19.7. The van der Waals surface area contributed by atoms with Gasteiger partial charge in [-0.05, 0) is 95.6 Å². The number of sulfone groups is 3. The van der Waals surface area contributed by atoms with Crippen molar-refractivity contribution in [3.63, 3.8) is 0 Å². The molecule has 6 amide bonds. The average molecular weight is 1620 g/mol. The van der Waals surface area contributed by atoms with E-state index in [1.54, 1.807) is 20.1 Å². The van der Waals surface area contributed by atoms with Crippen molar-refractivity contribution < 1.29 is 39.6 Å². The van der Waals surface area contributed by atoms with Gasteiger partial charge in [-0.25, -0.2) is 63.7 Å². The SMILES string of the molecule is CC(C)(C)c1cc(NC(=O)Nc2ccc3[nH]ccc3c2)n(-c2ccc(CN3CCS(=O)(=O)CC3)cc2)n1.CC(C)(C)c1cc(NC(=O)Nc2ccc3ccccc3n2)n(-c2ccc(CN3CCS(=O)(=O)CC3)cc2)n1.CC(C)(C)c1cc(NC(=O)Nc2nc(-c3ccccc3)cs2)n(-c2ccc(CN3CCS(=O)(=O)CC3)cc2)n1. The van der Waals surface area contributed by atoms with Gasteiger partial charge >= 0.3 is 18.1 Å². The number of aromatic amines is 1. The van der Waals surface area contributed by atoms with Crippen LogP contribution in [0.1, 0.15) is 96.1 Å². The third kappa shape index (κ3) is 21.5. The number of urea groups is 3. The lowest BCUT2D eigenvalue weighted by Crippen LogP contribution is -2.39. The molecule has 15 rings (SSSR count). The maximum Gasteiger partial charge on any atom is 0.326 e. The van der Waals surface area contributed by atoms with Crippen LogP contribution in [-0.2, 0) is 65.4 Å². The molecule has 596 valence electrons. The Morgan fingerprint density at radius 1 is 0.412 bits per heavy atom. The fraction of sp³-hybridized carbons (Fsp3) is 0.325. The van der Waals surface area contributed by atoms with Gasteiger partial charge < -0.3 is 10.3 Å². The molecule has 114 heavy (non-hydrogen) atoms. The molecular weight excluding hydrogens is 1520 g/mol. The minimum Gasteiger partial charge on any atom is -0.361 e. The Labute approximate surface area is 668 Å². The molecule has 3 saturated heterocycles. The molecule has 12 aromatic rings. The zero-order valence-corrected chi connectivity index (χ0v) is 68.6. The molecule has 0 unspecified atom stereocenters. The second-order valence-corrected chi connectivity index (χ2v) is 39.6. The van der Waals surface area contributed by atoms with Crippen LogP contribution in [0.5, 0.6) is 0 Å². The summed E-state index contributed by atoms with van der Waals surface area (Å²) in [7, 11) is -8.70. The number of nitrogens with zero attached hydrogens (tertiary/aromatic N) is 11. The van der Waals surface area contributed by atoms with Crippen LogP contribution in [0.2, 0.25) is 0 Å². The number of fused-ring (bicyclic) bond motifs is 2. The highest BCUT2D eigenvalue weighted by molar-refractivity contribution is 7.92. The molecule has 3 aliphatic heterocycles. The quantitative estimate of drug-likeness (QED) is 0.0472. The lowest BCUT2D eigenvalue weighted by Gasteiger charge is -2.26. The summed E-state index contributed by atoms with van der Waals surface area (Å²) in [5, 5.41) is 36.2. The minimum atomic E-state index is -2.90. The Morgan fingerprint density at radius 3 is 1.25 bits per heavy atom. The highest BCUT2D eigenvalue weighted by atomic mass is 32.2. The van der Waals surface area contributed by atoms with Gasteiger partial charge in [0, 0.05) is 132 Å². The fourth-order valence-corrected chi connectivity index (χ4v) is 17.5.